The van der Waals surface area contributed by atoms with Crippen molar-refractivity contribution in [3.05, 3.63) is 18.3 Å². The van der Waals surface area contributed by atoms with Crippen molar-refractivity contribution in [2.45, 2.75) is 33.1 Å². The summed E-state index contributed by atoms with van der Waals surface area (Å²) in [7, 11) is 0. The third kappa shape index (κ3) is 2.72. The standard InChI is InChI=1S/C13H17N5O/c1-3-14-10-8-15-9(7-16-10)12-17-11(19-18-12)6-13(2)4-5-13/h7-8H,3-6H2,1-2H3,(H,14,16). The average Bonchev–Trinajstić information content (AvgIpc) is 2.95. The Labute approximate surface area is 111 Å². The highest BCUT2D eigenvalue weighted by Gasteiger charge is 2.39. The number of aromatic nitrogens is 4. The van der Waals surface area contributed by atoms with Crippen LogP contribution in [0, 0.1) is 5.41 Å². The first-order valence-corrected chi connectivity index (χ1v) is 6.57. The maximum absolute atomic E-state index is 5.27. The molecule has 0 aliphatic heterocycles. The third-order valence-electron chi connectivity index (χ3n) is 3.39. The average molecular weight is 259 g/mol. The van der Waals surface area contributed by atoms with E-state index in [0.29, 0.717) is 22.8 Å². The van der Waals surface area contributed by atoms with Gasteiger partial charge in [-0.25, -0.2) is 9.97 Å². The van der Waals surface area contributed by atoms with Gasteiger partial charge in [-0.05, 0) is 25.2 Å². The molecule has 0 radical (unpaired) electrons. The Morgan fingerprint density at radius 3 is 2.79 bits per heavy atom. The lowest BCUT2D eigenvalue weighted by atomic mass is 10.1. The van der Waals surface area contributed by atoms with Gasteiger partial charge < -0.3 is 9.84 Å². The van der Waals surface area contributed by atoms with Crippen LogP contribution < -0.4 is 5.32 Å². The zero-order chi connectivity index (χ0) is 13.3. The van der Waals surface area contributed by atoms with Crippen molar-refractivity contribution < 1.29 is 4.52 Å². The molecular weight excluding hydrogens is 242 g/mol. The molecule has 1 N–H and O–H groups in total. The van der Waals surface area contributed by atoms with Crippen molar-refractivity contribution in [3.8, 4) is 11.5 Å². The van der Waals surface area contributed by atoms with Gasteiger partial charge in [-0.3, -0.25) is 0 Å². The Morgan fingerprint density at radius 2 is 2.16 bits per heavy atom. The number of hydrogen-bond donors (Lipinski definition) is 1. The van der Waals surface area contributed by atoms with Crippen LogP contribution >= 0.6 is 0 Å². The van der Waals surface area contributed by atoms with Crippen molar-refractivity contribution >= 4 is 5.82 Å². The highest BCUT2D eigenvalue weighted by Crippen LogP contribution is 2.47. The zero-order valence-corrected chi connectivity index (χ0v) is 11.2. The normalized spacial score (nSPS) is 16.3. The van der Waals surface area contributed by atoms with E-state index in [9.17, 15) is 0 Å². The topological polar surface area (TPSA) is 76.7 Å². The summed E-state index contributed by atoms with van der Waals surface area (Å²) in [6, 6.07) is 0. The maximum atomic E-state index is 5.27. The molecule has 0 saturated heterocycles. The van der Waals surface area contributed by atoms with Gasteiger partial charge in [-0.1, -0.05) is 12.1 Å². The van der Waals surface area contributed by atoms with E-state index in [-0.39, 0.29) is 0 Å². The molecule has 1 saturated carbocycles. The number of rotatable bonds is 5. The van der Waals surface area contributed by atoms with Gasteiger partial charge in [0.05, 0.1) is 12.4 Å². The van der Waals surface area contributed by atoms with Gasteiger partial charge in [0.1, 0.15) is 11.5 Å². The van der Waals surface area contributed by atoms with Crippen molar-refractivity contribution in [2.24, 2.45) is 5.41 Å². The molecule has 0 amide bonds. The van der Waals surface area contributed by atoms with E-state index < -0.39 is 0 Å². The first-order valence-electron chi connectivity index (χ1n) is 6.57. The van der Waals surface area contributed by atoms with Crippen LogP contribution in [0.5, 0.6) is 0 Å². The largest absolute Gasteiger partial charge is 0.369 e. The minimum Gasteiger partial charge on any atom is -0.369 e. The van der Waals surface area contributed by atoms with Crippen molar-refractivity contribution in [1.82, 2.24) is 20.1 Å². The van der Waals surface area contributed by atoms with Gasteiger partial charge in [0, 0.05) is 13.0 Å². The second-order valence-corrected chi connectivity index (χ2v) is 5.32. The van der Waals surface area contributed by atoms with Gasteiger partial charge in [-0.2, -0.15) is 4.98 Å². The third-order valence-corrected chi connectivity index (χ3v) is 3.39. The van der Waals surface area contributed by atoms with E-state index in [1.807, 2.05) is 6.92 Å². The molecule has 0 unspecified atom stereocenters. The molecule has 2 aromatic rings. The summed E-state index contributed by atoms with van der Waals surface area (Å²) in [5.74, 6) is 1.95. The molecule has 2 heterocycles. The van der Waals surface area contributed by atoms with Crippen molar-refractivity contribution in [1.29, 1.82) is 0 Å². The minimum absolute atomic E-state index is 0.365. The molecule has 1 aliphatic rings. The number of hydrogen-bond acceptors (Lipinski definition) is 6. The van der Waals surface area contributed by atoms with Crippen LogP contribution in [0.3, 0.4) is 0 Å². The first kappa shape index (κ1) is 12.1. The smallest absolute Gasteiger partial charge is 0.227 e. The molecule has 3 rings (SSSR count). The fraction of sp³-hybridized carbons (Fsp3) is 0.538. The molecule has 0 spiro atoms. The van der Waals surface area contributed by atoms with Gasteiger partial charge in [0.15, 0.2) is 0 Å². The quantitative estimate of drug-likeness (QED) is 0.887. The first-order chi connectivity index (χ1) is 9.18. The summed E-state index contributed by atoms with van der Waals surface area (Å²) in [6.07, 6.45) is 6.66. The Bertz CT molecular complexity index is 559. The van der Waals surface area contributed by atoms with Crippen LogP contribution in [-0.4, -0.2) is 26.7 Å². The molecule has 1 fully saturated rings. The van der Waals surface area contributed by atoms with Gasteiger partial charge in [0.25, 0.3) is 0 Å². The summed E-state index contributed by atoms with van der Waals surface area (Å²) in [5.41, 5.74) is 1.00. The summed E-state index contributed by atoms with van der Waals surface area (Å²) in [5, 5.41) is 7.06. The molecule has 6 nitrogen and oxygen atoms in total. The lowest BCUT2D eigenvalue weighted by Gasteiger charge is -2.01. The molecule has 0 atom stereocenters. The van der Waals surface area contributed by atoms with E-state index in [2.05, 4.69) is 32.3 Å². The van der Waals surface area contributed by atoms with Crippen LogP contribution in [0.15, 0.2) is 16.9 Å². The predicted molar refractivity (Wildman–Crippen MR) is 70.5 cm³/mol. The van der Waals surface area contributed by atoms with Crippen LogP contribution in [-0.2, 0) is 6.42 Å². The zero-order valence-electron chi connectivity index (χ0n) is 11.2. The van der Waals surface area contributed by atoms with Crippen molar-refractivity contribution in [2.75, 3.05) is 11.9 Å². The highest BCUT2D eigenvalue weighted by molar-refractivity contribution is 5.48. The Hall–Kier alpha value is -1.98. The molecule has 19 heavy (non-hydrogen) atoms. The molecule has 100 valence electrons. The van der Waals surface area contributed by atoms with Gasteiger partial charge in [-0.15, -0.1) is 0 Å². The second-order valence-electron chi connectivity index (χ2n) is 5.32. The van der Waals surface area contributed by atoms with Crippen LogP contribution in [0.25, 0.3) is 11.5 Å². The van der Waals surface area contributed by atoms with E-state index in [1.165, 1.54) is 12.8 Å². The summed E-state index contributed by atoms with van der Waals surface area (Å²) >= 11 is 0. The molecule has 6 heteroatoms. The van der Waals surface area contributed by atoms with Gasteiger partial charge >= 0.3 is 0 Å². The second kappa shape index (κ2) is 4.60. The van der Waals surface area contributed by atoms with Crippen molar-refractivity contribution in [3.63, 3.8) is 0 Å². The fourth-order valence-electron chi connectivity index (χ4n) is 1.90. The maximum Gasteiger partial charge on any atom is 0.227 e. The monoisotopic (exact) mass is 259 g/mol. The lowest BCUT2D eigenvalue weighted by molar-refractivity contribution is 0.353. The van der Waals surface area contributed by atoms with Crippen LogP contribution in [0.4, 0.5) is 5.82 Å². The predicted octanol–water partition coefficient (Wildman–Crippen LogP) is 2.30. The number of anilines is 1. The van der Waals surface area contributed by atoms with Crippen LogP contribution in [0.2, 0.25) is 0 Å². The summed E-state index contributed by atoms with van der Waals surface area (Å²) in [4.78, 5) is 12.9. The fourth-order valence-corrected chi connectivity index (χ4v) is 1.90. The van der Waals surface area contributed by atoms with E-state index >= 15 is 0 Å². The van der Waals surface area contributed by atoms with E-state index in [0.717, 1.165) is 18.8 Å². The van der Waals surface area contributed by atoms with E-state index in [4.69, 9.17) is 4.52 Å². The summed E-state index contributed by atoms with van der Waals surface area (Å²) < 4.78 is 5.27. The van der Waals surface area contributed by atoms with E-state index in [1.54, 1.807) is 12.4 Å². The molecule has 0 aromatic carbocycles. The summed E-state index contributed by atoms with van der Waals surface area (Å²) in [6.45, 7) is 5.07. The Morgan fingerprint density at radius 1 is 1.32 bits per heavy atom. The number of nitrogens with one attached hydrogen (secondary N) is 1. The Balaban J connectivity index is 1.74. The number of nitrogens with zero attached hydrogens (tertiary/aromatic N) is 4. The Kier molecular flexibility index (Phi) is 2.93. The molecule has 1 aliphatic carbocycles. The SMILES string of the molecule is CCNc1cnc(-c2noc(CC3(C)CC3)n2)cn1. The molecular formula is C13H17N5O. The molecule has 2 aromatic heterocycles. The highest BCUT2D eigenvalue weighted by atomic mass is 16.5. The lowest BCUT2D eigenvalue weighted by Crippen LogP contribution is -2.00. The van der Waals surface area contributed by atoms with Crippen LogP contribution in [0.1, 0.15) is 32.6 Å². The molecule has 0 bridgehead atoms. The van der Waals surface area contributed by atoms with Gasteiger partial charge in [0.2, 0.25) is 11.7 Å². The minimum atomic E-state index is 0.365.